The van der Waals surface area contributed by atoms with E-state index in [1.165, 1.54) is 6.07 Å². The van der Waals surface area contributed by atoms with Crippen LogP contribution < -0.4 is 10.0 Å². The van der Waals surface area contributed by atoms with E-state index in [-0.39, 0.29) is 10.9 Å². The zero-order valence-electron chi connectivity index (χ0n) is 11.9. The lowest BCUT2D eigenvalue weighted by Gasteiger charge is -2.15. The van der Waals surface area contributed by atoms with Gasteiger partial charge in [0.25, 0.3) is 0 Å². The number of hydrogen-bond donors (Lipinski definition) is 2. The van der Waals surface area contributed by atoms with E-state index in [9.17, 15) is 8.42 Å². The number of rotatable bonds is 8. The lowest BCUT2D eigenvalue weighted by Crippen LogP contribution is -2.36. The van der Waals surface area contributed by atoms with Crippen LogP contribution in [-0.4, -0.2) is 34.7 Å². The highest BCUT2D eigenvalue weighted by Gasteiger charge is 2.18. The van der Waals surface area contributed by atoms with Crippen LogP contribution in [0.15, 0.2) is 23.1 Å². The van der Waals surface area contributed by atoms with E-state index in [0.29, 0.717) is 24.8 Å². The van der Waals surface area contributed by atoms with Gasteiger partial charge < -0.3 is 10.1 Å². The molecule has 5 nitrogen and oxygen atoms in total. The Morgan fingerprint density at radius 3 is 2.70 bits per heavy atom. The molecule has 114 valence electrons. The molecule has 20 heavy (non-hydrogen) atoms. The van der Waals surface area contributed by atoms with Crippen LogP contribution in [0.4, 0.5) is 0 Å². The lowest BCUT2D eigenvalue weighted by molar-refractivity contribution is 0.133. The van der Waals surface area contributed by atoms with Crippen molar-refractivity contribution in [3.63, 3.8) is 0 Å². The van der Waals surface area contributed by atoms with E-state index in [2.05, 4.69) is 10.0 Å². The summed E-state index contributed by atoms with van der Waals surface area (Å²) in [7, 11) is -1.79. The van der Waals surface area contributed by atoms with Gasteiger partial charge in [0.1, 0.15) is 0 Å². The van der Waals surface area contributed by atoms with Gasteiger partial charge in [-0.3, -0.25) is 0 Å². The van der Waals surface area contributed by atoms with Crippen LogP contribution >= 0.6 is 11.6 Å². The molecule has 1 aromatic carbocycles. The molecule has 0 saturated heterocycles. The standard InChI is InChI=1S/C13H21ClN2O3S/c1-4-19-9-10(2)16-20(17,18)12-5-6-13(14)11(7-12)8-15-3/h5-7,10,15-16H,4,8-9H2,1-3H3. The Morgan fingerprint density at radius 2 is 2.10 bits per heavy atom. The minimum atomic E-state index is -3.56. The third-order valence-electron chi connectivity index (χ3n) is 2.62. The number of nitrogens with one attached hydrogen (secondary N) is 2. The first-order valence-electron chi connectivity index (χ1n) is 6.43. The Hall–Kier alpha value is -0.660. The summed E-state index contributed by atoms with van der Waals surface area (Å²) in [5.74, 6) is 0. The molecule has 1 unspecified atom stereocenters. The van der Waals surface area contributed by atoms with E-state index in [4.69, 9.17) is 16.3 Å². The Labute approximate surface area is 125 Å². The van der Waals surface area contributed by atoms with Gasteiger partial charge in [0.2, 0.25) is 10.0 Å². The van der Waals surface area contributed by atoms with Gasteiger partial charge in [-0.05, 0) is 44.7 Å². The van der Waals surface area contributed by atoms with Gasteiger partial charge >= 0.3 is 0 Å². The van der Waals surface area contributed by atoms with Crippen molar-refractivity contribution in [1.82, 2.24) is 10.0 Å². The summed E-state index contributed by atoms with van der Waals surface area (Å²) in [5, 5.41) is 3.49. The molecular formula is C13H21ClN2O3S. The van der Waals surface area contributed by atoms with Crippen molar-refractivity contribution < 1.29 is 13.2 Å². The van der Waals surface area contributed by atoms with Crippen LogP contribution in [-0.2, 0) is 21.3 Å². The van der Waals surface area contributed by atoms with Crippen molar-refractivity contribution in [1.29, 1.82) is 0 Å². The van der Waals surface area contributed by atoms with Gasteiger partial charge in [-0.15, -0.1) is 0 Å². The van der Waals surface area contributed by atoms with Gasteiger partial charge in [0.05, 0.1) is 11.5 Å². The third-order valence-corrected chi connectivity index (χ3v) is 4.58. The zero-order valence-corrected chi connectivity index (χ0v) is 13.5. The molecule has 0 spiro atoms. The predicted molar refractivity (Wildman–Crippen MR) is 80.5 cm³/mol. The van der Waals surface area contributed by atoms with Crippen LogP contribution in [0.25, 0.3) is 0 Å². The smallest absolute Gasteiger partial charge is 0.240 e. The van der Waals surface area contributed by atoms with E-state index >= 15 is 0 Å². The fourth-order valence-electron chi connectivity index (χ4n) is 1.71. The molecule has 7 heteroatoms. The second-order valence-corrected chi connectivity index (χ2v) is 6.59. The Morgan fingerprint density at radius 1 is 1.40 bits per heavy atom. The molecule has 0 aliphatic rings. The van der Waals surface area contributed by atoms with Gasteiger partial charge in [0, 0.05) is 24.2 Å². The highest BCUT2D eigenvalue weighted by Crippen LogP contribution is 2.20. The second-order valence-electron chi connectivity index (χ2n) is 4.47. The summed E-state index contributed by atoms with van der Waals surface area (Å²) in [6.45, 7) is 5.03. The normalized spacial score (nSPS) is 13.4. The Kier molecular flexibility index (Phi) is 6.91. The monoisotopic (exact) mass is 320 g/mol. The van der Waals surface area contributed by atoms with E-state index in [0.717, 1.165) is 5.56 Å². The van der Waals surface area contributed by atoms with Gasteiger partial charge in [-0.2, -0.15) is 0 Å². The topological polar surface area (TPSA) is 67.4 Å². The van der Waals surface area contributed by atoms with Crippen LogP contribution in [0.3, 0.4) is 0 Å². The number of benzene rings is 1. The summed E-state index contributed by atoms with van der Waals surface area (Å²) < 4.78 is 32.3. The molecular weight excluding hydrogens is 300 g/mol. The Bertz CT molecular complexity index is 534. The zero-order chi connectivity index (χ0) is 15.2. The molecule has 0 radical (unpaired) electrons. The van der Waals surface area contributed by atoms with Crippen LogP contribution in [0.5, 0.6) is 0 Å². The molecule has 0 amide bonds. The van der Waals surface area contributed by atoms with Crippen LogP contribution in [0.2, 0.25) is 5.02 Å². The SMILES string of the molecule is CCOCC(C)NS(=O)(=O)c1ccc(Cl)c(CNC)c1. The molecule has 0 heterocycles. The van der Waals surface area contributed by atoms with Crippen molar-refractivity contribution >= 4 is 21.6 Å². The predicted octanol–water partition coefficient (Wildman–Crippen LogP) is 1.76. The summed E-state index contributed by atoms with van der Waals surface area (Å²) >= 11 is 6.02. The van der Waals surface area contributed by atoms with E-state index in [1.54, 1.807) is 26.1 Å². The third kappa shape index (κ3) is 5.03. The summed E-state index contributed by atoms with van der Waals surface area (Å²) in [4.78, 5) is 0.204. The first-order valence-corrected chi connectivity index (χ1v) is 8.30. The van der Waals surface area contributed by atoms with Gasteiger partial charge in [0.15, 0.2) is 0 Å². The quantitative estimate of drug-likeness (QED) is 0.766. The van der Waals surface area contributed by atoms with Crippen molar-refractivity contribution in [2.45, 2.75) is 31.3 Å². The molecule has 0 aliphatic carbocycles. The highest BCUT2D eigenvalue weighted by atomic mass is 35.5. The fraction of sp³-hybridized carbons (Fsp3) is 0.538. The molecule has 2 N–H and O–H groups in total. The summed E-state index contributed by atoms with van der Waals surface area (Å²) in [6.07, 6.45) is 0. The van der Waals surface area contributed by atoms with Gasteiger partial charge in [-0.1, -0.05) is 11.6 Å². The maximum atomic E-state index is 12.2. The van der Waals surface area contributed by atoms with Gasteiger partial charge in [-0.25, -0.2) is 13.1 Å². The second kappa shape index (κ2) is 7.95. The number of ether oxygens (including phenoxy) is 1. The molecule has 0 bridgehead atoms. The maximum Gasteiger partial charge on any atom is 0.240 e. The summed E-state index contributed by atoms with van der Waals surface area (Å²) in [6, 6.07) is 4.38. The molecule has 1 rings (SSSR count). The van der Waals surface area contributed by atoms with Crippen molar-refractivity contribution in [3.8, 4) is 0 Å². The molecule has 0 aliphatic heterocycles. The number of halogens is 1. The first-order chi connectivity index (χ1) is 9.40. The average molecular weight is 321 g/mol. The first kappa shape index (κ1) is 17.4. The lowest BCUT2D eigenvalue weighted by atomic mass is 10.2. The molecule has 0 fully saturated rings. The summed E-state index contributed by atoms with van der Waals surface area (Å²) in [5.41, 5.74) is 0.745. The van der Waals surface area contributed by atoms with Crippen molar-refractivity contribution in [3.05, 3.63) is 28.8 Å². The molecule has 1 atom stereocenters. The number of sulfonamides is 1. The highest BCUT2D eigenvalue weighted by molar-refractivity contribution is 7.89. The Balaban J connectivity index is 2.89. The van der Waals surface area contributed by atoms with Crippen molar-refractivity contribution in [2.75, 3.05) is 20.3 Å². The maximum absolute atomic E-state index is 12.2. The largest absolute Gasteiger partial charge is 0.380 e. The fourth-order valence-corrected chi connectivity index (χ4v) is 3.17. The molecule has 0 saturated carbocycles. The molecule has 0 aromatic heterocycles. The van der Waals surface area contributed by atoms with Crippen LogP contribution in [0.1, 0.15) is 19.4 Å². The van der Waals surface area contributed by atoms with Crippen molar-refractivity contribution in [2.24, 2.45) is 0 Å². The van der Waals surface area contributed by atoms with E-state index in [1.807, 2.05) is 6.92 Å². The minimum absolute atomic E-state index is 0.204. The van der Waals surface area contributed by atoms with E-state index < -0.39 is 10.0 Å². The average Bonchev–Trinajstić information content (AvgIpc) is 2.38. The van der Waals surface area contributed by atoms with Crippen LogP contribution in [0, 0.1) is 0 Å². The molecule has 1 aromatic rings. The minimum Gasteiger partial charge on any atom is -0.380 e. The number of hydrogen-bond acceptors (Lipinski definition) is 4.